The van der Waals surface area contributed by atoms with Gasteiger partial charge < -0.3 is 20.4 Å². The summed E-state index contributed by atoms with van der Waals surface area (Å²) in [6.07, 6.45) is 1.25. The van der Waals surface area contributed by atoms with Gasteiger partial charge in [0.25, 0.3) is 5.69 Å². The normalized spacial score (nSPS) is 14.3. The van der Waals surface area contributed by atoms with E-state index in [0.717, 1.165) is 56.1 Å². The first-order valence-electron chi connectivity index (χ1n) is 11.0. The first-order valence-corrected chi connectivity index (χ1v) is 11.0. The van der Waals surface area contributed by atoms with Crippen molar-refractivity contribution in [1.29, 1.82) is 0 Å². The van der Waals surface area contributed by atoms with Crippen LogP contribution >= 0.6 is 0 Å². The van der Waals surface area contributed by atoms with E-state index in [2.05, 4.69) is 45.7 Å². The summed E-state index contributed by atoms with van der Waals surface area (Å²) in [7, 11) is 1.73. The Morgan fingerprint density at radius 3 is 2.53 bits per heavy atom. The monoisotopic (exact) mass is 440 g/mol. The second kappa shape index (κ2) is 10.9. The summed E-state index contributed by atoms with van der Waals surface area (Å²) in [4.78, 5) is 23.3. The molecule has 1 saturated heterocycles. The van der Waals surface area contributed by atoms with E-state index in [1.165, 1.54) is 18.6 Å². The highest BCUT2D eigenvalue weighted by Crippen LogP contribution is 2.29. The molecule has 0 aliphatic carbocycles. The van der Waals surface area contributed by atoms with Crippen molar-refractivity contribution in [3.8, 4) is 11.4 Å². The molecule has 0 saturated carbocycles. The lowest BCUT2D eigenvalue weighted by Crippen LogP contribution is -2.47. The summed E-state index contributed by atoms with van der Waals surface area (Å²) in [5, 5.41) is 11.2. The largest absolute Gasteiger partial charge is 0.393 e. The number of benzene rings is 2. The third-order valence-electron chi connectivity index (χ3n) is 5.32. The van der Waals surface area contributed by atoms with Crippen molar-refractivity contribution in [2.24, 2.45) is 0 Å². The minimum absolute atomic E-state index is 0.116. The molecule has 0 bridgehead atoms. The Hall–Kier alpha value is -3.17. The van der Waals surface area contributed by atoms with E-state index in [4.69, 9.17) is 10.5 Å². The maximum Gasteiger partial charge on any atom is 0.292 e. The van der Waals surface area contributed by atoms with E-state index < -0.39 is 4.92 Å². The zero-order valence-electron chi connectivity index (χ0n) is 19.0. The number of nitrogens with two attached hydrogens (primary N) is 1. The third-order valence-corrected chi connectivity index (χ3v) is 5.32. The Labute approximate surface area is 188 Å². The number of methoxy groups -OCH3 is 1. The second-order valence-electron chi connectivity index (χ2n) is 7.85. The molecule has 2 aromatic carbocycles. The van der Waals surface area contributed by atoms with Crippen LogP contribution in [-0.2, 0) is 4.74 Å². The molecule has 0 amide bonds. The highest BCUT2D eigenvalue weighted by Gasteiger charge is 2.18. The molecule has 3 N–H and O–H groups in total. The fraction of sp³-hybridized carbons (Fsp3) is 0.435. The average Bonchev–Trinajstić information content (AvgIpc) is 3.22. The third kappa shape index (κ3) is 5.54. The van der Waals surface area contributed by atoms with E-state index in [0.29, 0.717) is 11.4 Å². The second-order valence-corrected chi connectivity index (χ2v) is 7.85. The number of piperazine rings is 1. The Morgan fingerprint density at radius 2 is 1.88 bits per heavy atom. The average molecular weight is 441 g/mol. The van der Waals surface area contributed by atoms with Gasteiger partial charge in [0.05, 0.1) is 22.6 Å². The van der Waals surface area contributed by atoms with Crippen LogP contribution < -0.4 is 10.6 Å². The molecule has 4 rings (SSSR count). The van der Waals surface area contributed by atoms with Gasteiger partial charge >= 0.3 is 0 Å². The summed E-state index contributed by atoms with van der Waals surface area (Å²) in [5.41, 5.74) is 9.22. The van der Waals surface area contributed by atoms with E-state index in [1.54, 1.807) is 13.2 Å². The molecule has 1 fully saturated rings. The number of ether oxygens (including phenoxy) is 1. The highest BCUT2D eigenvalue weighted by atomic mass is 16.6. The van der Waals surface area contributed by atoms with Gasteiger partial charge in [0.1, 0.15) is 11.5 Å². The fourth-order valence-electron chi connectivity index (χ4n) is 3.63. The van der Waals surface area contributed by atoms with Crippen molar-refractivity contribution in [1.82, 2.24) is 14.9 Å². The van der Waals surface area contributed by atoms with Gasteiger partial charge in [-0.15, -0.1) is 0 Å². The van der Waals surface area contributed by atoms with Crippen LogP contribution in [0.5, 0.6) is 0 Å². The highest BCUT2D eigenvalue weighted by molar-refractivity contribution is 5.83. The molecule has 1 aromatic heterocycles. The van der Waals surface area contributed by atoms with Crippen LogP contribution in [0.2, 0.25) is 0 Å². The van der Waals surface area contributed by atoms with Crippen LogP contribution in [0.3, 0.4) is 0 Å². The number of nitrogen functional groups attached to an aromatic ring is 1. The zero-order chi connectivity index (χ0) is 23.1. The Balaban J connectivity index is 0.000000913. The van der Waals surface area contributed by atoms with Gasteiger partial charge in [-0.3, -0.25) is 15.0 Å². The summed E-state index contributed by atoms with van der Waals surface area (Å²) >= 11 is 0. The smallest absolute Gasteiger partial charge is 0.292 e. The van der Waals surface area contributed by atoms with Gasteiger partial charge in [-0.2, -0.15) is 0 Å². The van der Waals surface area contributed by atoms with Crippen molar-refractivity contribution < 1.29 is 9.66 Å². The van der Waals surface area contributed by atoms with Crippen LogP contribution in [0.25, 0.3) is 22.4 Å². The maximum atomic E-state index is 11.2. The minimum Gasteiger partial charge on any atom is -0.393 e. The van der Waals surface area contributed by atoms with Crippen molar-refractivity contribution in [3.63, 3.8) is 0 Å². The molecular weight excluding hydrogens is 408 g/mol. The molecule has 3 aromatic rings. The Morgan fingerprint density at radius 1 is 1.16 bits per heavy atom. The lowest BCUT2D eigenvalue weighted by Gasteiger charge is -2.36. The minimum atomic E-state index is -0.480. The first-order chi connectivity index (χ1) is 15.5. The summed E-state index contributed by atoms with van der Waals surface area (Å²) in [6.45, 7) is 9.89. The number of nitrogens with zero attached hydrogens (tertiary/aromatic N) is 4. The number of aromatic amines is 1. The van der Waals surface area contributed by atoms with E-state index in [-0.39, 0.29) is 11.4 Å². The number of nitrogens with one attached hydrogen (secondary N) is 1. The quantitative estimate of drug-likeness (QED) is 0.339. The lowest BCUT2D eigenvalue weighted by molar-refractivity contribution is -0.383. The molecule has 32 heavy (non-hydrogen) atoms. The van der Waals surface area contributed by atoms with Crippen LogP contribution in [0, 0.1) is 10.1 Å². The molecule has 1 aliphatic rings. The molecule has 0 radical (unpaired) electrons. The Kier molecular flexibility index (Phi) is 8.02. The number of rotatable bonds is 6. The molecule has 9 heteroatoms. The van der Waals surface area contributed by atoms with Gasteiger partial charge in [-0.05, 0) is 30.3 Å². The maximum absolute atomic E-state index is 11.2. The molecule has 2 heterocycles. The van der Waals surface area contributed by atoms with Gasteiger partial charge in [-0.25, -0.2) is 4.98 Å². The number of fused-ring (bicyclic) bond motifs is 1. The van der Waals surface area contributed by atoms with Crippen LogP contribution in [0.1, 0.15) is 20.3 Å². The summed E-state index contributed by atoms with van der Waals surface area (Å²) in [5.74, 6) is 0.588. The Bertz CT molecular complexity index is 1040. The molecular formula is C23H32N6O3. The topological polar surface area (TPSA) is 114 Å². The molecule has 0 spiro atoms. The number of aromatic nitrogens is 2. The predicted octanol–water partition coefficient (Wildman–Crippen LogP) is 3.91. The zero-order valence-corrected chi connectivity index (χ0v) is 19.0. The number of nitro benzene ring substituents is 1. The van der Waals surface area contributed by atoms with Crippen LogP contribution in [-0.4, -0.2) is 66.2 Å². The van der Waals surface area contributed by atoms with Crippen molar-refractivity contribution in [3.05, 3.63) is 46.5 Å². The van der Waals surface area contributed by atoms with Crippen molar-refractivity contribution >= 4 is 28.1 Å². The van der Waals surface area contributed by atoms with E-state index >= 15 is 0 Å². The summed E-state index contributed by atoms with van der Waals surface area (Å²) in [6, 6.07) is 10.9. The van der Waals surface area contributed by atoms with Gasteiger partial charge in [-0.1, -0.05) is 20.3 Å². The standard InChI is InChI=1S/C20H24N6O3.C3H8/c1-29-11-10-24-6-8-25(9-7-24)15-3-5-17-18(13-15)23-20(22-17)14-2-4-16(21)19(12-14)26(27)28;1-3-2/h2-5,12-13H,6-11,21H2,1H3,(H,22,23);3H2,1-2H3. The number of H-pyrrole nitrogens is 1. The number of hydrogen-bond acceptors (Lipinski definition) is 7. The number of anilines is 2. The molecule has 0 unspecified atom stereocenters. The molecule has 172 valence electrons. The lowest BCUT2D eigenvalue weighted by atomic mass is 10.1. The van der Waals surface area contributed by atoms with E-state index in [9.17, 15) is 10.1 Å². The molecule has 9 nitrogen and oxygen atoms in total. The molecule has 0 atom stereocenters. The van der Waals surface area contributed by atoms with Gasteiger partial charge in [0.2, 0.25) is 0 Å². The van der Waals surface area contributed by atoms with Crippen molar-refractivity contribution in [2.45, 2.75) is 20.3 Å². The predicted molar refractivity (Wildman–Crippen MR) is 129 cm³/mol. The number of nitro groups is 1. The fourth-order valence-corrected chi connectivity index (χ4v) is 3.63. The first kappa shape index (κ1) is 23.5. The summed E-state index contributed by atoms with van der Waals surface area (Å²) < 4.78 is 5.16. The van der Waals surface area contributed by atoms with E-state index in [1.807, 2.05) is 6.07 Å². The SMILES string of the molecule is CCC.COCCN1CCN(c2ccc3nc(-c4ccc(N)c([N+](=O)[O-])c4)[nH]c3c2)CC1. The van der Waals surface area contributed by atoms with Gasteiger partial charge in [0.15, 0.2) is 0 Å². The van der Waals surface area contributed by atoms with Crippen LogP contribution in [0.4, 0.5) is 17.1 Å². The van der Waals surface area contributed by atoms with Crippen molar-refractivity contribution in [2.75, 3.05) is 57.1 Å². The van der Waals surface area contributed by atoms with Crippen LogP contribution in [0.15, 0.2) is 36.4 Å². The number of hydrogen-bond donors (Lipinski definition) is 2. The number of imidazole rings is 1. The molecule has 1 aliphatic heterocycles. The van der Waals surface area contributed by atoms with Gasteiger partial charge in [0, 0.05) is 57.2 Å².